The van der Waals surface area contributed by atoms with E-state index in [0.717, 1.165) is 18.1 Å². The van der Waals surface area contributed by atoms with Crippen molar-refractivity contribution in [2.24, 2.45) is 0 Å². The molecule has 1 atom stereocenters. The summed E-state index contributed by atoms with van der Waals surface area (Å²) < 4.78 is 41.1. The number of hydrogen-bond acceptors (Lipinski definition) is 5. The molecule has 0 radical (unpaired) electrons. The Morgan fingerprint density at radius 3 is 2.58 bits per heavy atom. The highest BCUT2D eigenvalue weighted by molar-refractivity contribution is 5.95. The lowest BCUT2D eigenvalue weighted by Crippen LogP contribution is -2.41. The number of amides is 1. The van der Waals surface area contributed by atoms with Crippen LogP contribution in [0.1, 0.15) is 40.6 Å². The fraction of sp³-hybridized carbons (Fsp3) is 0.368. The van der Waals surface area contributed by atoms with E-state index in [1.54, 1.807) is 18.5 Å². The van der Waals surface area contributed by atoms with Gasteiger partial charge in [0.1, 0.15) is 11.6 Å². The second-order valence-corrected chi connectivity index (χ2v) is 6.83. The number of aryl methyl sites for hydroxylation is 1. The first kappa shape index (κ1) is 22.1. The zero-order valence-corrected chi connectivity index (χ0v) is 16.7. The third-order valence-electron chi connectivity index (χ3n) is 4.85. The van der Waals surface area contributed by atoms with Gasteiger partial charge < -0.3 is 19.0 Å². The molecule has 1 aliphatic heterocycles. The average molecular weight is 439 g/mol. The van der Waals surface area contributed by atoms with E-state index >= 15 is 0 Å². The Morgan fingerprint density at radius 2 is 2.03 bits per heavy atom. The first-order valence-electron chi connectivity index (χ1n) is 9.26. The maximum absolute atomic E-state index is 12.8. The van der Waals surface area contributed by atoms with Gasteiger partial charge in [0.25, 0.3) is 5.91 Å². The minimum atomic E-state index is -5.08. The summed E-state index contributed by atoms with van der Waals surface area (Å²) in [5.74, 6) is -1.19. The highest BCUT2D eigenvalue weighted by Crippen LogP contribution is 2.28. The molecule has 0 spiro atoms. The molecule has 12 heteroatoms. The second kappa shape index (κ2) is 8.66. The van der Waals surface area contributed by atoms with Crippen LogP contribution in [0, 0.1) is 6.92 Å². The number of hydrogen-bond donors (Lipinski definition) is 1. The third kappa shape index (κ3) is 4.78. The van der Waals surface area contributed by atoms with E-state index in [2.05, 4.69) is 14.6 Å². The molecule has 0 aliphatic carbocycles. The van der Waals surface area contributed by atoms with Crippen molar-refractivity contribution in [1.82, 2.24) is 24.2 Å². The quantitative estimate of drug-likeness (QED) is 0.673. The molecule has 166 valence electrons. The number of aromatic nitrogens is 4. The van der Waals surface area contributed by atoms with Gasteiger partial charge in [0.15, 0.2) is 0 Å². The molecule has 3 aromatic rings. The summed E-state index contributed by atoms with van der Waals surface area (Å²) >= 11 is 0. The van der Waals surface area contributed by atoms with Crippen LogP contribution in [-0.2, 0) is 17.9 Å². The Morgan fingerprint density at radius 1 is 1.32 bits per heavy atom. The van der Waals surface area contributed by atoms with Crippen molar-refractivity contribution in [3.05, 3.63) is 59.8 Å². The van der Waals surface area contributed by atoms with Crippen LogP contribution in [0.2, 0.25) is 0 Å². The molecule has 1 aliphatic rings. The van der Waals surface area contributed by atoms with Crippen LogP contribution in [-0.4, -0.2) is 53.9 Å². The number of carboxylic acids is 1. The highest BCUT2D eigenvalue weighted by atomic mass is 19.4. The van der Waals surface area contributed by atoms with Gasteiger partial charge in [-0.1, -0.05) is 0 Å². The summed E-state index contributed by atoms with van der Waals surface area (Å²) in [4.78, 5) is 28.1. The molecule has 0 aromatic carbocycles. The normalized spacial score (nSPS) is 15.8. The predicted molar refractivity (Wildman–Crippen MR) is 100 cm³/mol. The van der Waals surface area contributed by atoms with Gasteiger partial charge in [-0.25, -0.2) is 9.78 Å². The van der Waals surface area contributed by atoms with Crippen LogP contribution in [0.25, 0.3) is 0 Å². The third-order valence-corrected chi connectivity index (χ3v) is 4.85. The lowest BCUT2D eigenvalue weighted by molar-refractivity contribution is -0.192. The molecule has 4 heterocycles. The zero-order valence-electron chi connectivity index (χ0n) is 16.7. The fourth-order valence-corrected chi connectivity index (χ4v) is 3.28. The van der Waals surface area contributed by atoms with E-state index in [9.17, 15) is 18.0 Å². The minimum Gasteiger partial charge on any atom is -0.475 e. The lowest BCUT2D eigenvalue weighted by atomic mass is 10.1. The summed E-state index contributed by atoms with van der Waals surface area (Å²) in [5, 5.41) is 11.4. The maximum Gasteiger partial charge on any atom is 0.490 e. The van der Waals surface area contributed by atoms with Crippen LogP contribution in [0.15, 0.2) is 41.4 Å². The molecular weight excluding hydrogens is 419 g/mol. The van der Waals surface area contributed by atoms with Crippen molar-refractivity contribution in [2.75, 3.05) is 6.54 Å². The lowest BCUT2D eigenvalue weighted by Gasteiger charge is -2.34. The van der Waals surface area contributed by atoms with Gasteiger partial charge in [-0.3, -0.25) is 9.48 Å². The topological polar surface area (TPSA) is 106 Å². The van der Waals surface area contributed by atoms with Gasteiger partial charge in [0.2, 0.25) is 0 Å². The first-order valence-corrected chi connectivity index (χ1v) is 9.26. The minimum absolute atomic E-state index is 0.00312. The number of nitrogens with zero attached hydrogens (tertiary/aromatic N) is 5. The van der Waals surface area contributed by atoms with E-state index < -0.39 is 12.1 Å². The molecule has 9 nitrogen and oxygen atoms in total. The van der Waals surface area contributed by atoms with Crippen molar-refractivity contribution in [3.8, 4) is 0 Å². The van der Waals surface area contributed by atoms with Crippen LogP contribution in [0.3, 0.4) is 0 Å². The molecule has 4 rings (SSSR count). The van der Waals surface area contributed by atoms with Crippen molar-refractivity contribution < 1.29 is 32.3 Å². The molecule has 0 fully saturated rings. The Bertz CT molecular complexity index is 1060. The van der Waals surface area contributed by atoms with Gasteiger partial charge in [-0.2, -0.15) is 18.3 Å². The number of carboxylic acid groups (broad SMARTS) is 1. The number of halogens is 3. The summed E-state index contributed by atoms with van der Waals surface area (Å²) in [7, 11) is 0. The van der Waals surface area contributed by atoms with Crippen molar-refractivity contribution in [1.29, 1.82) is 0 Å². The molecule has 1 N–H and O–H groups in total. The van der Waals surface area contributed by atoms with E-state index in [1.165, 1.54) is 0 Å². The Kier molecular flexibility index (Phi) is 6.18. The SMILES string of the molecule is Cc1occc1C(=O)N1CCn2c(Cn3cccn3)cnc2C1C.O=C(O)C(F)(F)F. The van der Waals surface area contributed by atoms with E-state index in [1.807, 2.05) is 41.9 Å². The van der Waals surface area contributed by atoms with Crippen LogP contribution < -0.4 is 0 Å². The number of furan rings is 1. The van der Waals surface area contributed by atoms with Gasteiger partial charge >= 0.3 is 12.1 Å². The Hall–Kier alpha value is -3.57. The van der Waals surface area contributed by atoms with Gasteiger partial charge in [-0.15, -0.1) is 0 Å². The van der Waals surface area contributed by atoms with Crippen molar-refractivity contribution in [3.63, 3.8) is 0 Å². The standard InChI is InChI=1S/C17H19N5O2.C2HF3O2/c1-12-16-18-10-14(11-20-6-3-5-19-20)22(16)8-7-21(12)17(23)15-4-9-24-13(15)2;3-2(4,5)1(6)7/h3-6,9-10,12H,7-8,11H2,1-2H3;(H,6,7). The predicted octanol–water partition coefficient (Wildman–Crippen LogP) is 2.88. The second-order valence-electron chi connectivity index (χ2n) is 6.83. The highest BCUT2D eigenvalue weighted by Gasteiger charge is 2.38. The number of carbonyl (C=O) groups is 2. The average Bonchev–Trinajstić information content (AvgIpc) is 3.44. The molecule has 31 heavy (non-hydrogen) atoms. The molecule has 0 bridgehead atoms. The summed E-state index contributed by atoms with van der Waals surface area (Å²) in [6.07, 6.45) is 2.05. The summed E-state index contributed by atoms with van der Waals surface area (Å²) in [6.45, 7) is 5.90. The molecule has 0 saturated heterocycles. The molecule has 1 unspecified atom stereocenters. The van der Waals surface area contributed by atoms with E-state index in [-0.39, 0.29) is 11.9 Å². The van der Waals surface area contributed by atoms with Crippen LogP contribution in [0.5, 0.6) is 0 Å². The van der Waals surface area contributed by atoms with Crippen molar-refractivity contribution in [2.45, 2.75) is 39.2 Å². The number of aliphatic carboxylic acids is 1. The number of fused-ring (bicyclic) bond motifs is 1. The number of alkyl halides is 3. The van der Waals surface area contributed by atoms with E-state index in [0.29, 0.717) is 24.4 Å². The monoisotopic (exact) mass is 439 g/mol. The smallest absolute Gasteiger partial charge is 0.475 e. The number of imidazole rings is 1. The largest absolute Gasteiger partial charge is 0.490 e. The maximum atomic E-state index is 12.8. The Labute approximate surface area is 174 Å². The molecular formula is C19H20F3N5O4. The first-order chi connectivity index (χ1) is 14.6. The molecule has 3 aromatic heterocycles. The number of rotatable bonds is 3. The van der Waals surface area contributed by atoms with Gasteiger partial charge in [0, 0.05) is 25.5 Å². The van der Waals surface area contributed by atoms with E-state index in [4.69, 9.17) is 14.3 Å². The van der Waals surface area contributed by atoms with Gasteiger partial charge in [0.05, 0.1) is 36.3 Å². The van der Waals surface area contributed by atoms with Crippen molar-refractivity contribution >= 4 is 11.9 Å². The van der Waals surface area contributed by atoms with Crippen LogP contribution in [0.4, 0.5) is 13.2 Å². The fourth-order valence-electron chi connectivity index (χ4n) is 3.28. The molecule has 1 amide bonds. The van der Waals surface area contributed by atoms with Crippen LogP contribution >= 0.6 is 0 Å². The summed E-state index contributed by atoms with van der Waals surface area (Å²) in [6, 6.07) is 3.56. The molecule has 0 saturated carbocycles. The zero-order chi connectivity index (χ0) is 22.8. The number of carbonyl (C=O) groups excluding carboxylic acids is 1. The summed E-state index contributed by atoms with van der Waals surface area (Å²) in [5.41, 5.74) is 1.73. The Balaban J connectivity index is 0.000000339. The van der Waals surface area contributed by atoms with Gasteiger partial charge in [-0.05, 0) is 26.0 Å².